The third-order valence-electron chi connectivity index (χ3n) is 3.04. The number of hydrogen-bond acceptors (Lipinski definition) is 3. The standard InChI is InChI=1S/C16H17FO3/c1-11-9-12(7-8-16(11)19-2)20-10-15(18)13-5-3-4-6-14(13)17/h3-9,15,18H,10H2,1-2H3. The van der Waals surface area contributed by atoms with E-state index in [1.807, 2.05) is 13.0 Å². The molecule has 0 fully saturated rings. The first-order valence-corrected chi connectivity index (χ1v) is 6.31. The zero-order valence-electron chi connectivity index (χ0n) is 11.5. The van der Waals surface area contributed by atoms with Gasteiger partial charge in [0, 0.05) is 5.56 Å². The molecule has 2 aromatic carbocycles. The number of rotatable bonds is 5. The molecule has 2 aromatic rings. The molecule has 2 rings (SSSR count). The average Bonchev–Trinajstić information content (AvgIpc) is 2.45. The molecular weight excluding hydrogens is 259 g/mol. The molecule has 106 valence electrons. The number of methoxy groups -OCH3 is 1. The van der Waals surface area contributed by atoms with Gasteiger partial charge in [-0.1, -0.05) is 18.2 Å². The van der Waals surface area contributed by atoms with Crippen molar-refractivity contribution in [2.75, 3.05) is 13.7 Å². The van der Waals surface area contributed by atoms with Crippen molar-refractivity contribution in [3.05, 3.63) is 59.4 Å². The van der Waals surface area contributed by atoms with Gasteiger partial charge in [-0.3, -0.25) is 0 Å². The zero-order valence-corrected chi connectivity index (χ0v) is 11.5. The Morgan fingerprint density at radius 3 is 2.60 bits per heavy atom. The molecule has 0 bridgehead atoms. The van der Waals surface area contributed by atoms with Crippen molar-refractivity contribution in [1.82, 2.24) is 0 Å². The van der Waals surface area contributed by atoms with Crippen LogP contribution in [0.3, 0.4) is 0 Å². The number of halogens is 1. The van der Waals surface area contributed by atoms with Crippen molar-refractivity contribution in [2.45, 2.75) is 13.0 Å². The Kier molecular flexibility index (Phi) is 4.58. The Morgan fingerprint density at radius 2 is 1.95 bits per heavy atom. The molecule has 0 amide bonds. The minimum atomic E-state index is -1.00. The lowest BCUT2D eigenvalue weighted by atomic mass is 10.1. The van der Waals surface area contributed by atoms with E-state index in [-0.39, 0.29) is 12.2 Å². The van der Waals surface area contributed by atoms with E-state index in [1.54, 1.807) is 37.4 Å². The van der Waals surface area contributed by atoms with Crippen LogP contribution >= 0.6 is 0 Å². The number of aliphatic hydroxyl groups excluding tert-OH is 1. The predicted octanol–water partition coefficient (Wildman–Crippen LogP) is 3.26. The lowest BCUT2D eigenvalue weighted by Gasteiger charge is -2.14. The van der Waals surface area contributed by atoms with Crippen molar-refractivity contribution in [3.63, 3.8) is 0 Å². The number of hydrogen-bond donors (Lipinski definition) is 1. The Bertz CT molecular complexity index is 584. The molecular formula is C16H17FO3. The average molecular weight is 276 g/mol. The van der Waals surface area contributed by atoms with Crippen molar-refractivity contribution in [1.29, 1.82) is 0 Å². The number of benzene rings is 2. The Labute approximate surface area is 117 Å². The molecule has 1 N–H and O–H groups in total. The fourth-order valence-corrected chi connectivity index (χ4v) is 1.95. The molecule has 0 spiro atoms. The summed E-state index contributed by atoms with van der Waals surface area (Å²) in [7, 11) is 1.60. The van der Waals surface area contributed by atoms with Crippen molar-refractivity contribution >= 4 is 0 Å². The molecule has 20 heavy (non-hydrogen) atoms. The van der Waals surface area contributed by atoms with Gasteiger partial charge in [-0.05, 0) is 36.8 Å². The molecule has 3 nitrogen and oxygen atoms in total. The summed E-state index contributed by atoms with van der Waals surface area (Å²) in [6, 6.07) is 11.5. The van der Waals surface area contributed by atoms with Crippen LogP contribution < -0.4 is 9.47 Å². The van der Waals surface area contributed by atoms with E-state index in [0.717, 1.165) is 11.3 Å². The van der Waals surface area contributed by atoms with Crippen LogP contribution in [0.25, 0.3) is 0 Å². The van der Waals surface area contributed by atoms with Crippen LogP contribution in [0.4, 0.5) is 4.39 Å². The highest BCUT2D eigenvalue weighted by molar-refractivity contribution is 5.39. The second-order valence-corrected chi connectivity index (χ2v) is 4.48. The molecule has 0 aromatic heterocycles. The van der Waals surface area contributed by atoms with E-state index < -0.39 is 11.9 Å². The smallest absolute Gasteiger partial charge is 0.129 e. The monoisotopic (exact) mass is 276 g/mol. The lowest BCUT2D eigenvalue weighted by Crippen LogP contribution is -2.11. The highest BCUT2D eigenvalue weighted by atomic mass is 19.1. The molecule has 0 saturated heterocycles. The van der Waals surface area contributed by atoms with Gasteiger partial charge in [-0.15, -0.1) is 0 Å². The van der Waals surface area contributed by atoms with Crippen LogP contribution in [0, 0.1) is 12.7 Å². The van der Waals surface area contributed by atoms with Gasteiger partial charge in [-0.2, -0.15) is 0 Å². The fraction of sp³-hybridized carbons (Fsp3) is 0.250. The summed E-state index contributed by atoms with van der Waals surface area (Å²) in [4.78, 5) is 0. The number of aliphatic hydroxyl groups is 1. The van der Waals surface area contributed by atoms with Gasteiger partial charge in [0.2, 0.25) is 0 Å². The van der Waals surface area contributed by atoms with Gasteiger partial charge in [-0.25, -0.2) is 4.39 Å². The molecule has 0 saturated carbocycles. The first-order chi connectivity index (χ1) is 9.61. The van der Waals surface area contributed by atoms with Gasteiger partial charge in [0.15, 0.2) is 0 Å². The molecule has 1 atom stereocenters. The first-order valence-electron chi connectivity index (χ1n) is 6.31. The Balaban J connectivity index is 2.02. The van der Waals surface area contributed by atoms with E-state index in [1.165, 1.54) is 6.07 Å². The van der Waals surface area contributed by atoms with Gasteiger partial charge in [0.1, 0.15) is 30.0 Å². The van der Waals surface area contributed by atoms with Crippen LogP contribution in [0.1, 0.15) is 17.2 Å². The van der Waals surface area contributed by atoms with Crippen molar-refractivity contribution in [3.8, 4) is 11.5 Å². The van der Waals surface area contributed by atoms with Crippen LogP contribution in [-0.2, 0) is 0 Å². The molecule has 0 radical (unpaired) electrons. The SMILES string of the molecule is COc1ccc(OCC(O)c2ccccc2F)cc1C. The maximum Gasteiger partial charge on any atom is 0.129 e. The van der Waals surface area contributed by atoms with E-state index >= 15 is 0 Å². The highest BCUT2D eigenvalue weighted by Crippen LogP contribution is 2.24. The molecule has 4 heteroatoms. The molecule has 0 aliphatic rings. The van der Waals surface area contributed by atoms with Crippen LogP contribution in [-0.4, -0.2) is 18.8 Å². The summed E-state index contributed by atoms with van der Waals surface area (Å²) in [5, 5.41) is 9.94. The van der Waals surface area contributed by atoms with Gasteiger partial charge in [0.25, 0.3) is 0 Å². The van der Waals surface area contributed by atoms with Gasteiger partial charge in [0.05, 0.1) is 7.11 Å². The highest BCUT2D eigenvalue weighted by Gasteiger charge is 2.13. The first kappa shape index (κ1) is 14.3. The van der Waals surface area contributed by atoms with E-state index in [4.69, 9.17) is 9.47 Å². The molecule has 0 aliphatic heterocycles. The van der Waals surface area contributed by atoms with E-state index in [9.17, 15) is 9.50 Å². The topological polar surface area (TPSA) is 38.7 Å². The summed E-state index contributed by atoms with van der Waals surface area (Å²) in [5.74, 6) is 0.945. The minimum Gasteiger partial charge on any atom is -0.496 e. The van der Waals surface area contributed by atoms with Crippen molar-refractivity contribution in [2.24, 2.45) is 0 Å². The van der Waals surface area contributed by atoms with E-state index in [0.29, 0.717) is 5.75 Å². The third-order valence-corrected chi connectivity index (χ3v) is 3.04. The Morgan fingerprint density at radius 1 is 1.20 bits per heavy atom. The van der Waals surface area contributed by atoms with Crippen molar-refractivity contribution < 1.29 is 19.0 Å². The fourth-order valence-electron chi connectivity index (χ4n) is 1.95. The quantitative estimate of drug-likeness (QED) is 0.911. The summed E-state index contributed by atoms with van der Waals surface area (Å²) >= 11 is 0. The minimum absolute atomic E-state index is 0.00724. The van der Waals surface area contributed by atoms with Crippen LogP contribution in [0.5, 0.6) is 11.5 Å². The van der Waals surface area contributed by atoms with Gasteiger partial charge < -0.3 is 14.6 Å². The number of ether oxygens (including phenoxy) is 2. The van der Waals surface area contributed by atoms with Gasteiger partial charge >= 0.3 is 0 Å². The van der Waals surface area contributed by atoms with Crippen LogP contribution in [0.2, 0.25) is 0 Å². The molecule has 1 unspecified atom stereocenters. The third kappa shape index (κ3) is 3.27. The molecule has 0 aliphatic carbocycles. The normalized spacial score (nSPS) is 12.0. The molecule has 0 heterocycles. The lowest BCUT2D eigenvalue weighted by molar-refractivity contribution is 0.105. The second-order valence-electron chi connectivity index (χ2n) is 4.48. The zero-order chi connectivity index (χ0) is 14.5. The number of aryl methyl sites for hydroxylation is 1. The van der Waals surface area contributed by atoms with E-state index in [2.05, 4.69) is 0 Å². The maximum absolute atomic E-state index is 13.5. The summed E-state index contributed by atoms with van der Waals surface area (Å²) < 4.78 is 24.1. The summed E-state index contributed by atoms with van der Waals surface area (Å²) in [6.07, 6.45) is -1.00. The predicted molar refractivity (Wildman–Crippen MR) is 74.6 cm³/mol. The second kappa shape index (κ2) is 6.39. The largest absolute Gasteiger partial charge is 0.496 e. The maximum atomic E-state index is 13.5. The summed E-state index contributed by atoms with van der Waals surface area (Å²) in [5.41, 5.74) is 1.17. The Hall–Kier alpha value is -2.07. The summed E-state index contributed by atoms with van der Waals surface area (Å²) in [6.45, 7) is 1.89. The van der Waals surface area contributed by atoms with Crippen LogP contribution in [0.15, 0.2) is 42.5 Å².